The third-order valence-electron chi connectivity index (χ3n) is 2.82. The molecule has 0 heterocycles. The Morgan fingerprint density at radius 2 is 1.76 bits per heavy atom. The zero-order valence-corrected chi connectivity index (χ0v) is 13.3. The van der Waals surface area contributed by atoms with Crippen molar-refractivity contribution < 1.29 is 9.72 Å². The maximum Gasteiger partial charge on any atom is 0.269 e. The van der Waals surface area contributed by atoms with Crippen LogP contribution in [0, 0.1) is 16.0 Å². The lowest BCUT2D eigenvalue weighted by atomic mass is 9.96. The largest absolute Gasteiger partial charge is 0.298 e. The molecule has 118 valence electrons. The van der Waals surface area contributed by atoms with Gasteiger partial charge < -0.3 is 0 Å². The molecule has 1 unspecified atom stereocenters. The quantitative estimate of drug-likeness (QED) is 0.596. The van der Waals surface area contributed by atoms with E-state index >= 15 is 0 Å². The molecular formula is C15H25N3O3. The number of nitro benzene ring substituents is 1. The average molecular weight is 295 g/mol. The molecule has 0 spiro atoms. The van der Waals surface area contributed by atoms with Crippen LogP contribution in [0.4, 0.5) is 5.69 Å². The Balaban J connectivity index is 0.00000191. The fourth-order valence-electron chi connectivity index (χ4n) is 1.79. The number of nitrogens with zero attached hydrogens (tertiary/aromatic N) is 1. The summed E-state index contributed by atoms with van der Waals surface area (Å²) in [6.07, 6.45) is 0.496. The molecule has 0 radical (unpaired) electrons. The van der Waals surface area contributed by atoms with Crippen molar-refractivity contribution in [1.29, 1.82) is 0 Å². The molecule has 0 aliphatic rings. The van der Waals surface area contributed by atoms with E-state index in [4.69, 9.17) is 0 Å². The highest BCUT2D eigenvalue weighted by molar-refractivity contribution is 5.85. The first-order valence-corrected chi connectivity index (χ1v) is 7.15. The minimum atomic E-state index is -0.438. The number of ketones is 1. The average Bonchev–Trinajstić information content (AvgIpc) is 2.48. The van der Waals surface area contributed by atoms with E-state index in [1.807, 2.05) is 27.7 Å². The molecule has 0 bridgehead atoms. The number of Topliss-reactive ketones (excluding diaryl/α,β-unsaturated/α-hetero) is 1. The van der Waals surface area contributed by atoms with E-state index in [0.717, 1.165) is 5.56 Å². The van der Waals surface area contributed by atoms with Crippen LogP contribution in [0.15, 0.2) is 24.3 Å². The van der Waals surface area contributed by atoms with Crippen LogP contribution in [0.1, 0.15) is 33.3 Å². The van der Waals surface area contributed by atoms with Crippen LogP contribution in [0.5, 0.6) is 0 Å². The van der Waals surface area contributed by atoms with Gasteiger partial charge in [-0.1, -0.05) is 39.8 Å². The van der Waals surface area contributed by atoms with Crippen LogP contribution in [-0.2, 0) is 11.2 Å². The molecule has 2 N–H and O–H groups in total. The molecule has 6 nitrogen and oxygen atoms in total. The first-order chi connectivity index (χ1) is 9.95. The zero-order valence-electron chi connectivity index (χ0n) is 13.3. The fraction of sp³-hybridized carbons (Fsp3) is 0.533. The molecular weight excluding hydrogens is 270 g/mol. The Morgan fingerprint density at radius 1 is 1.24 bits per heavy atom. The molecule has 6 heteroatoms. The number of rotatable bonds is 7. The first-order valence-electron chi connectivity index (χ1n) is 7.15. The highest BCUT2D eigenvalue weighted by atomic mass is 16.6. The predicted octanol–water partition coefficient (Wildman–Crippen LogP) is 2.48. The summed E-state index contributed by atoms with van der Waals surface area (Å²) in [7, 11) is 1.70. The smallest absolute Gasteiger partial charge is 0.269 e. The van der Waals surface area contributed by atoms with Crippen LogP contribution in [0.3, 0.4) is 0 Å². The Morgan fingerprint density at radius 3 is 2.14 bits per heavy atom. The number of carbonyl (C=O) groups is 1. The van der Waals surface area contributed by atoms with Crippen LogP contribution in [-0.4, -0.2) is 23.8 Å². The van der Waals surface area contributed by atoms with Gasteiger partial charge in [-0.25, -0.2) is 5.43 Å². The maximum atomic E-state index is 12.0. The van der Waals surface area contributed by atoms with Gasteiger partial charge in [0.05, 0.1) is 11.0 Å². The molecule has 0 saturated heterocycles. The van der Waals surface area contributed by atoms with Crippen LogP contribution < -0.4 is 10.9 Å². The number of benzene rings is 1. The monoisotopic (exact) mass is 295 g/mol. The number of nitrogens with one attached hydrogen (secondary N) is 2. The second kappa shape index (κ2) is 10.0. The summed E-state index contributed by atoms with van der Waals surface area (Å²) >= 11 is 0. The lowest BCUT2D eigenvalue weighted by molar-refractivity contribution is -0.384. The van der Waals surface area contributed by atoms with E-state index < -0.39 is 4.92 Å². The molecule has 0 amide bonds. The number of hydrogen-bond donors (Lipinski definition) is 2. The first kappa shape index (κ1) is 19.2. The van der Waals surface area contributed by atoms with Crippen molar-refractivity contribution in [2.75, 3.05) is 7.05 Å². The molecule has 0 aliphatic heterocycles. The van der Waals surface area contributed by atoms with E-state index in [0.29, 0.717) is 6.42 Å². The second-order valence-electron chi connectivity index (χ2n) is 4.63. The van der Waals surface area contributed by atoms with Gasteiger partial charge in [0, 0.05) is 18.1 Å². The van der Waals surface area contributed by atoms with E-state index in [2.05, 4.69) is 10.9 Å². The Hall–Kier alpha value is -1.79. The number of hydrazine groups is 1. The van der Waals surface area contributed by atoms with Gasteiger partial charge in [-0.3, -0.25) is 20.3 Å². The molecule has 1 aromatic carbocycles. The molecule has 1 aromatic rings. The Bertz CT molecular complexity index is 444. The maximum absolute atomic E-state index is 12.0. The van der Waals surface area contributed by atoms with Gasteiger partial charge in [0.15, 0.2) is 5.78 Å². The summed E-state index contributed by atoms with van der Waals surface area (Å²) in [4.78, 5) is 22.1. The van der Waals surface area contributed by atoms with Crippen molar-refractivity contribution in [3.05, 3.63) is 39.9 Å². The summed E-state index contributed by atoms with van der Waals surface area (Å²) in [5.41, 5.74) is 6.63. The number of non-ortho nitro benzene ring substituents is 1. The molecule has 0 aromatic heterocycles. The van der Waals surface area contributed by atoms with Gasteiger partial charge in [0.25, 0.3) is 5.69 Å². The zero-order chi connectivity index (χ0) is 16.4. The Kier molecular flexibility index (Phi) is 9.16. The molecule has 0 fully saturated rings. The SMILES string of the molecule is CC.CNNC(Cc1ccc([N+](=O)[O-])cc1)C(=O)C(C)C. The van der Waals surface area contributed by atoms with Crippen molar-refractivity contribution >= 4 is 11.5 Å². The van der Waals surface area contributed by atoms with Crippen molar-refractivity contribution in [3.8, 4) is 0 Å². The van der Waals surface area contributed by atoms with Crippen molar-refractivity contribution in [1.82, 2.24) is 10.9 Å². The summed E-state index contributed by atoms with van der Waals surface area (Å²) in [5.74, 6) is 0.0385. The third kappa shape index (κ3) is 6.46. The summed E-state index contributed by atoms with van der Waals surface area (Å²) in [6.45, 7) is 7.70. The van der Waals surface area contributed by atoms with Gasteiger partial charge >= 0.3 is 0 Å². The topological polar surface area (TPSA) is 84.3 Å². The van der Waals surface area contributed by atoms with Gasteiger partial charge in [-0.2, -0.15) is 0 Å². The van der Waals surface area contributed by atoms with Crippen molar-refractivity contribution in [2.24, 2.45) is 5.92 Å². The number of carbonyl (C=O) groups excluding carboxylic acids is 1. The molecule has 0 saturated carbocycles. The van der Waals surface area contributed by atoms with E-state index in [1.54, 1.807) is 19.2 Å². The minimum absolute atomic E-state index is 0.0528. The highest BCUT2D eigenvalue weighted by Gasteiger charge is 2.21. The predicted molar refractivity (Wildman–Crippen MR) is 84.0 cm³/mol. The summed E-state index contributed by atoms with van der Waals surface area (Å²) in [6, 6.07) is 5.91. The molecule has 0 aliphatic carbocycles. The van der Waals surface area contributed by atoms with Gasteiger partial charge in [0.1, 0.15) is 0 Å². The lowest BCUT2D eigenvalue weighted by Gasteiger charge is -2.18. The van der Waals surface area contributed by atoms with Crippen LogP contribution in [0.25, 0.3) is 0 Å². The van der Waals surface area contributed by atoms with E-state index in [-0.39, 0.29) is 23.4 Å². The molecule has 1 rings (SSSR count). The van der Waals surface area contributed by atoms with E-state index in [1.165, 1.54) is 12.1 Å². The Labute approximate surface area is 126 Å². The minimum Gasteiger partial charge on any atom is -0.298 e. The van der Waals surface area contributed by atoms with Crippen LogP contribution >= 0.6 is 0 Å². The summed E-state index contributed by atoms with van der Waals surface area (Å²) < 4.78 is 0. The molecule has 21 heavy (non-hydrogen) atoms. The van der Waals surface area contributed by atoms with Gasteiger partial charge in [-0.15, -0.1) is 0 Å². The van der Waals surface area contributed by atoms with Crippen molar-refractivity contribution in [2.45, 2.75) is 40.2 Å². The van der Waals surface area contributed by atoms with Crippen molar-refractivity contribution in [3.63, 3.8) is 0 Å². The number of nitro groups is 1. The second-order valence-corrected chi connectivity index (χ2v) is 4.63. The number of hydrogen-bond acceptors (Lipinski definition) is 5. The van der Waals surface area contributed by atoms with Gasteiger partial charge in [0.2, 0.25) is 0 Å². The fourth-order valence-corrected chi connectivity index (χ4v) is 1.79. The summed E-state index contributed by atoms with van der Waals surface area (Å²) in [5, 5.41) is 10.6. The van der Waals surface area contributed by atoms with Crippen LogP contribution in [0.2, 0.25) is 0 Å². The van der Waals surface area contributed by atoms with E-state index in [9.17, 15) is 14.9 Å². The highest BCUT2D eigenvalue weighted by Crippen LogP contribution is 2.14. The third-order valence-corrected chi connectivity index (χ3v) is 2.82. The van der Waals surface area contributed by atoms with Gasteiger partial charge in [-0.05, 0) is 19.0 Å². The molecule has 1 atom stereocenters. The standard InChI is InChI=1S/C13H19N3O3.C2H6/c1-9(2)13(17)12(15-14-3)8-10-4-6-11(7-5-10)16(18)19;1-2/h4-7,9,12,14-15H,8H2,1-3H3;1-2H3. The lowest BCUT2D eigenvalue weighted by Crippen LogP contribution is -2.46. The normalized spacial score (nSPS) is 11.5.